The van der Waals surface area contributed by atoms with Gasteiger partial charge in [-0.05, 0) is 49.9 Å². The number of halogens is 1. The zero-order valence-electron chi connectivity index (χ0n) is 14.3. The molecule has 1 N–H and O–H groups in total. The van der Waals surface area contributed by atoms with Gasteiger partial charge in [-0.2, -0.15) is 8.42 Å². The minimum Gasteiger partial charge on any atom is -0.316 e. The molecule has 1 aliphatic heterocycles. The molecule has 2 aliphatic rings. The smallest absolute Gasteiger partial charge is 0.265 e. The summed E-state index contributed by atoms with van der Waals surface area (Å²) in [5, 5.41) is 3.86. The SMILES string of the molecule is CS(=O)(=O)OC(C(=O)C1(c2ccc(Cl)cc2)CCC1)C1CCCNC1. The van der Waals surface area contributed by atoms with Crippen molar-refractivity contribution in [1.82, 2.24) is 5.32 Å². The molecule has 2 unspecified atom stereocenters. The van der Waals surface area contributed by atoms with Gasteiger partial charge in [-0.15, -0.1) is 0 Å². The summed E-state index contributed by atoms with van der Waals surface area (Å²) in [4.78, 5) is 13.5. The molecule has 1 heterocycles. The van der Waals surface area contributed by atoms with Crippen molar-refractivity contribution in [2.24, 2.45) is 5.92 Å². The second-order valence-electron chi connectivity index (χ2n) is 7.13. The van der Waals surface area contributed by atoms with Gasteiger partial charge in [0, 0.05) is 17.5 Å². The van der Waals surface area contributed by atoms with E-state index < -0.39 is 21.6 Å². The van der Waals surface area contributed by atoms with Gasteiger partial charge < -0.3 is 5.32 Å². The zero-order chi connectivity index (χ0) is 18.1. The molecule has 1 saturated heterocycles. The molecule has 5 nitrogen and oxygen atoms in total. The first-order valence-corrected chi connectivity index (χ1v) is 10.9. The van der Waals surface area contributed by atoms with Crippen LogP contribution < -0.4 is 5.32 Å². The number of ketones is 1. The molecule has 25 heavy (non-hydrogen) atoms. The van der Waals surface area contributed by atoms with Crippen molar-refractivity contribution < 1.29 is 17.4 Å². The Morgan fingerprint density at radius 3 is 2.44 bits per heavy atom. The maximum Gasteiger partial charge on any atom is 0.265 e. The van der Waals surface area contributed by atoms with E-state index in [1.54, 1.807) is 12.1 Å². The number of carbonyl (C=O) groups is 1. The normalized spacial score (nSPS) is 24.3. The van der Waals surface area contributed by atoms with Gasteiger partial charge in [0.2, 0.25) is 0 Å². The van der Waals surface area contributed by atoms with Gasteiger partial charge in [-0.25, -0.2) is 0 Å². The Morgan fingerprint density at radius 1 is 1.28 bits per heavy atom. The number of Topliss-reactive ketones (excluding diaryl/α,β-unsaturated/α-hetero) is 1. The van der Waals surface area contributed by atoms with Gasteiger partial charge in [-0.3, -0.25) is 8.98 Å². The third-order valence-electron chi connectivity index (χ3n) is 5.38. The first-order valence-electron chi connectivity index (χ1n) is 8.71. The molecular formula is C18H24ClNO4S. The van der Waals surface area contributed by atoms with Crippen LogP contribution in [-0.4, -0.2) is 39.7 Å². The molecule has 1 saturated carbocycles. The lowest BCUT2D eigenvalue weighted by Gasteiger charge is -2.44. The van der Waals surface area contributed by atoms with Crippen LogP contribution in [0.25, 0.3) is 0 Å². The highest BCUT2D eigenvalue weighted by Crippen LogP contribution is 2.46. The molecule has 0 spiro atoms. The van der Waals surface area contributed by atoms with E-state index in [4.69, 9.17) is 15.8 Å². The lowest BCUT2D eigenvalue weighted by Crippen LogP contribution is -2.53. The molecule has 0 amide bonds. The second kappa shape index (κ2) is 7.35. The molecule has 0 aromatic heterocycles. The van der Waals surface area contributed by atoms with E-state index >= 15 is 0 Å². The number of nitrogens with one attached hydrogen (secondary N) is 1. The fraction of sp³-hybridized carbons (Fsp3) is 0.611. The van der Waals surface area contributed by atoms with E-state index in [1.165, 1.54) is 0 Å². The molecule has 138 valence electrons. The van der Waals surface area contributed by atoms with Crippen molar-refractivity contribution in [2.75, 3.05) is 19.3 Å². The Labute approximate surface area is 154 Å². The quantitative estimate of drug-likeness (QED) is 0.762. The van der Waals surface area contributed by atoms with Crippen LogP contribution >= 0.6 is 11.6 Å². The van der Waals surface area contributed by atoms with Crippen molar-refractivity contribution in [2.45, 2.75) is 43.6 Å². The van der Waals surface area contributed by atoms with Crippen LogP contribution in [-0.2, 0) is 24.5 Å². The Bertz CT molecular complexity index is 722. The Morgan fingerprint density at radius 2 is 1.96 bits per heavy atom. The summed E-state index contributed by atoms with van der Waals surface area (Å²) in [6.45, 7) is 1.49. The van der Waals surface area contributed by atoms with Crippen LogP contribution in [0.1, 0.15) is 37.7 Å². The number of hydrogen-bond acceptors (Lipinski definition) is 5. The van der Waals surface area contributed by atoms with Crippen LogP contribution in [0, 0.1) is 5.92 Å². The first kappa shape index (κ1) is 18.8. The van der Waals surface area contributed by atoms with Gasteiger partial charge in [0.15, 0.2) is 5.78 Å². The summed E-state index contributed by atoms with van der Waals surface area (Å²) >= 11 is 5.98. The lowest BCUT2D eigenvalue weighted by atomic mass is 9.60. The first-order chi connectivity index (χ1) is 11.8. The summed E-state index contributed by atoms with van der Waals surface area (Å²) in [6.07, 6.45) is 4.17. The zero-order valence-corrected chi connectivity index (χ0v) is 15.9. The van der Waals surface area contributed by atoms with Crippen LogP contribution in [0.2, 0.25) is 5.02 Å². The minimum atomic E-state index is -3.72. The lowest BCUT2D eigenvalue weighted by molar-refractivity contribution is -0.137. The van der Waals surface area contributed by atoms with Gasteiger partial charge in [0.25, 0.3) is 10.1 Å². The Hall–Kier alpha value is -0.950. The summed E-state index contributed by atoms with van der Waals surface area (Å²) in [6, 6.07) is 7.30. The second-order valence-corrected chi connectivity index (χ2v) is 9.17. The molecule has 1 aromatic rings. The van der Waals surface area contributed by atoms with Crippen molar-refractivity contribution in [1.29, 1.82) is 0 Å². The summed E-state index contributed by atoms with van der Waals surface area (Å²) in [5.74, 6) is -0.235. The predicted octanol–water partition coefficient (Wildman–Crippen LogP) is 2.68. The van der Waals surface area contributed by atoms with Crippen LogP contribution in [0.4, 0.5) is 0 Å². The highest BCUT2D eigenvalue weighted by Gasteiger charge is 2.50. The molecule has 2 atom stereocenters. The molecule has 1 aliphatic carbocycles. The number of rotatable bonds is 6. The summed E-state index contributed by atoms with van der Waals surface area (Å²) in [5.41, 5.74) is 0.247. The highest BCUT2D eigenvalue weighted by molar-refractivity contribution is 7.86. The fourth-order valence-corrected chi connectivity index (χ4v) is 4.66. The van der Waals surface area contributed by atoms with E-state index in [9.17, 15) is 13.2 Å². The molecule has 0 radical (unpaired) electrons. The van der Waals surface area contributed by atoms with Gasteiger partial charge in [0.05, 0.1) is 11.7 Å². The standard InChI is InChI=1S/C18H24ClNO4S/c1-25(22,23)24-16(13-4-2-11-20-12-13)17(21)18(9-3-10-18)14-5-7-15(19)8-6-14/h5-8,13,16,20H,2-4,9-12H2,1H3. The summed E-state index contributed by atoms with van der Waals surface area (Å²) in [7, 11) is -3.72. The van der Waals surface area contributed by atoms with E-state index in [2.05, 4.69) is 5.32 Å². The van der Waals surface area contributed by atoms with Crippen molar-refractivity contribution in [3.05, 3.63) is 34.9 Å². The topological polar surface area (TPSA) is 72.5 Å². The van der Waals surface area contributed by atoms with Gasteiger partial charge in [-0.1, -0.05) is 30.2 Å². The number of carbonyl (C=O) groups excluding carboxylic acids is 1. The third-order valence-corrected chi connectivity index (χ3v) is 6.18. The monoisotopic (exact) mass is 385 g/mol. The van der Waals surface area contributed by atoms with Crippen LogP contribution in [0.5, 0.6) is 0 Å². The molecular weight excluding hydrogens is 362 g/mol. The largest absolute Gasteiger partial charge is 0.316 e. The highest BCUT2D eigenvalue weighted by atomic mass is 35.5. The van der Waals surface area contributed by atoms with E-state index in [1.807, 2.05) is 12.1 Å². The maximum absolute atomic E-state index is 13.5. The van der Waals surface area contributed by atoms with E-state index in [0.29, 0.717) is 11.6 Å². The fourth-order valence-electron chi connectivity index (χ4n) is 3.91. The maximum atomic E-state index is 13.5. The Kier molecular flexibility index (Phi) is 5.54. The molecule has 7 heteroatoms. The van der Waals surface area contributed by atoms with Crippen molar-refractivity contribution in [3.63, 3.8) is 0 Å². The third kappa shape index (κ3) is 4.08. The van der Waals surface area contributed by atoms with Crippen LogP contribution in [0.3, 0.4) is 0 Å². The number of benzene rings is 1. The molecule has 3 rings (SSSR count). The predicted molar refractivity (Wildman–Crippen MR) is 97.3 cm³/mol. The summed E-state index contributed by atoms with van der Waals surface area (Å²) < 4.78 is 28.9. The van der Waals surface area contributed by atoms with Crippen molar-refractivity contribution in [3.8, 4) is 0 Å². The van der Waals surface area contributed by atoms with Crippen LogP contribution in [0.15, 0.2) is 24.3 Å². The molecule has 1 aromatic carbocycles. The number of hydrogen-bond donors (Lipinski definition) is 1. The Balaban J connectivity index is 1.92. The van der Waals surface area contributed by atoms with Crippen molar-refractivity contribution >= 4 is 27.5 Å². The average molecular weight is 386 g/mol. The molecule has 0 bridgehead atoms. The van der Waals surface area contributed by atoms with Gasteiger partial charge >= 0.3 is 0 Å². The van der Waals surface area contributed by atoms with Gasteiger partial charge in [0.1, 0.15) is 6.10 Å². The average Bonchev–Trinajstić information content (AvgIpc) is 2.53. The van der Waals surface area contributed by atoms with E-state index in [0.717, 1.165) is 50.5 Å². The molecule has 2 fully saturated rings. The number of piperidine rings is 1. The minimum absolute atomic E-state index is 0.111. The van der Waals surface area contributed by atoms with E-state index in [-0.39, 0.29) is 11.7 Å².